The van der Waals surface area contributed by atoms with Gasteiger partial charge in [0.15, 0.2) is 0 Å². The number of hydrogen-bond donors (Lipinski definition) is 2. The van der Waals surface area contributed by atoms with Crippen LogP contribution in [0.5, 0.6) is 0 Å². The van der Waals surface area contributed by atoms with Crippen molar-refractivity contribution in [1.82, 2.24) is 4.31 Å². The largest absolute Gasteiger partial charge is 0.478 e. The summed E-state index contributed by atoms with van der Waals surface area (Å²) in [6.07, 6.45) is 0. The Morgan fingerprint density at radius 3 is 2.07 bits per heavy atom. The van der Waals surface area contributed by atoms with Crippen LogP contribution in [0.2, 0.25) is 0 Å². The van der Waals surface area contributed by atoms with Gasteiger partial charge in [-0.2, -0.15) is 0 Å². The lowest BCUT2D eigenvalue weighted by atomic mass is 10.1. The van der Waals surface area contributed by atoms with Crippen molar-refractivity contribution in [1.29, 1.82) is 0 Å². The van der Waals surface area contributed by atoms with Crippen molar-refractivity contribution in [2.45, 2.75) is 30.6 Å². The molecule has 2 aromatic carbocycles. The fraction of sp³-hybridized carbons (Fsp3) is 0.278. The number of aromatic carboxylic acids is 1. The Bertz CT molecular complexity index is 1150. The Balaban J connectivity index is 2.56. The van der Waals surface area contributed by atoms with E-state index in [2.05, 4.69) is 4.72 Å². The maximum Gasteiger partial charge on any atom is 0.335 e. The number of sulfonamides is 2. The molecule has 0 aliphatic rings. The number of nitrogens with zero attached hydrogens (tertiary/aromatic N) is 1. The molecule has 0 radical (unpaired) electrons. The van der Waals surface area contributed by atoms with E-state index in [1.807, 2.05) is 0 Å². The molecule has 0 saturated carbocycles. The average Bonchev–Trinajstić information content (AvgIpc) is 2.57. The number of anilines is 1. The zero-order chi connectivity index (χ0) is 21.4. The SMILES string of the molecule is Cc1ccc(NS(=O)(=O)c2cc(C(=O)O)cc(C)c2C)cc1S(=O)(=O)N(C)C. The van der Waals surface area contributed by atoms with E-state index in [1.54, 1.807) is 20.8 Å². The van der Waals surface area contributed by atoms with Gasteiger partial charge in [-0.1, -0.05) is 6.07 Å². The van der Waals surface area contributed by atoms with Crippen molar-refractivity contribution in [3.63, 3.8) is 0 Å². The molecule has 0 aromatic heterocycles. The summed E-state index contributed by atoms with van der Waals surface area (Å²) in [6, 6.07) is 6.67. The van der Waals surface area contributed by atoms with Gasteiger partial charge in [0, 0.05) is 14.1 Å². The second-order valence-corrected chi connectivity index (χ2v) is 10.4. The molecule has 0 heterocycles. The van der Waals surface area contributed by atoms with Gasteiger partial charge in [0.2, 0.25) is 10.0 Å². The zero-order valence-corrected chi connectivity index (χ0v) is 17.8. The summed E-state index contributed by atoms with van der Waals surface area (Å²) in [5.74, 6) is -1.24. The first-order valence-corrected chi connectivity index (χ1v) is 11.1. The third-order valence-electron chi connectivity index (χ3n) is 4.36. The molecule has 0 spiro atoms. The number of aryl methyl sites for hydroxylation is 2. The molecule has 0 fully saturated rings. The highest BCUT2D eigenvalue weighted by atomic mass is 32.2. The summed E-state index contributed by atoms with van der Waals surface area (Å²) >= 11 is 0. The number of benzene rings is 2. The van der Waals surface area contributed by atoms with E-state index in [4.69, 9.17) is 0 Å². The Morgan fingerprint density at radius 2 is 1.54 bits per heavy atom. The van der Waals surface area contributed by atoms with Crippen molar-refractivity contribution in [2.24, 2.45) is 0 Å². The minimum Gasteiger partial charge on any atom is -0.478 e. The van der Waals surface area contributed by atoms with Crippen molar-refractivity contribution in [3.8, 4) is 0 Å². The van der Waals surface area contributed by atoms with Crippen LogP contribution in [0.15, 0.2) is 40.1 Å². The van der Waals surface area contributed by atoms with Crippen molar-refractivity contribution >= 4 is 31.7 Å². The normalized spacial score (nSPS) is 12.2. The lowest BCUT2D eigenvalue weighted by Gasteiger charge is -2.16. The van der Waals surface area contributed by atoms with Crippen LogP contribution in [-0.4, -0.2) is 46.3 Å². The van der Waals surface area contributed by atoms with Crippen LogP contribution in [-0.2, 0) is 20.0 Å². The fourth-order valence-corrected chi connectivity index (χ4v) is 5.12. The summed E-state index contributed by atoms with van der Waals surface area (Å²) < 4.78 is 54.0. The predicted octanol–water partition coefficient (Wildman–Crippen LogP) is 2.36. The van der Waals surface area contributed by atoms with Crippen LogP contribution in [0.4, 0.5) is 5.69 Å². The van der Waals surface area contributed by atoms with E-state index in [1.165, 1.54) is 38.4 Å². The van der Waals surface area contributed by atoms with Crippen molar-refractivity contribution in [2.75, 3.05) is 18.8 Å². The summed E-state index contributed by atoms with van der Waals surface area (Å²) in [5, 5.41) is 9.20. The molecule has 28 heavy (non-hydrogen) atoms. The van der Waals surface area contributed by atoms with Gasteiger partial charge < -0.3 is 5.11 Å². The Morgan fingerprint density at radius 1 is 0.929 bits per heavy atom. The number of carboxylic acids is 1. The van der Waals surface area contributed by atoms with E-state index in [9.17, 15) is 26.7 Å². The minimum atomic E-state index is -4.14. The summed E-state index contributed by atoms with van der Waals surface area (Å²) in [5.41, 5.74) is 1.30. The molecule has 2 N–H and O–H groups in total. The van der Waals surface area contributed by atoms with Crippen LogP contribution >= 0.6 is 0 Å². The number of carbonyl (C=O) groups is 1. The zero-order valence-electron chi connectivity index (χ0n) is 16.1. The lowest BCUT2D eigenvalue weighted by Crippen LogP contribution is -2.23. The maximum atomic E-state index is 12.9. The second kappa shape index (κ2) is 7.53. The number of carboxylic acid groups (broad SMARTS) is 1. The average molecular weight is 427 g/mol. The molecule has 0 aliphatic carbocycles. The van der Waals surface area contributed by atoms with Gasteiger partial charge in [0.1, 0.15) is 0 Å². The van der Waals surface area contributed by atoms with Crippen LogP contribution < -0.4 is 4.72 Å². The molecule has 0 saturated heterocycles. The van der Waals surface area contributed by atoms with Gasteiger partial charge in [0.05, 0.1) is 21.0 Å². The fourth-order valence-electron chi connectivity index (χ4n) is 2.58. The smallest absolute Gasteiger partial charge is 0.335 e. The van der Waals surface area contributed by atoms with E-state index in [-0.39, 0.29) is 21.0 Å². The number of hydrogen-bond acceptors (Lipinski definition) is 5. The van der Waals surface area contributed by atoms with Crippen LogP contribution in [0, 0.1) is 20.8 Å². The van der Waals surface area contributed by atoms with E-state index in [0.29, 0.717) is 16.7 Å². The molecule has 10 heteroatoms. The highest BCUT2D eigenvalue weighted by Gasteiger charge is 2.24. The third kappa shape index (κ3) is 4.18. The van der Waals surface area contributed by atoms with Gasteiger partial charge in [-0.3, -0.25) is 4.72 Å². The molecule has 8 nitrogen and oxygen atoms in total. The molecule has 2 aromatic rings. The summed E-state index contributed by atoms with van der Waals surface area (Å²) in [7, 11) is -5.13. The Labute approximate surface area is 164 Å². The second-order valence-electron chi connectivity index (χ2n) is 6.59. The first kappa shape index (κ1) is 21.9. The quantitative estimate of drug-likeness (QED) is 0.731. The van der Waals surface area contributed by atoms with Crippen molar-refractivity contribution < 1.29 is 26.7 Å². The molecule has 0 aliphatic heterocycles. The monoisotopic (exact) mass is 426 g/mol. The predicted molar refractivity (Wildman–Crippen MR) is 106 cm³/mol. The first-order chi connectivity index (χ1) is 12.8. The Hall–Kier alpha value is -2.43. The molecular formula is C18H22N2O6S2. The highest BCUT2D eigenvalue weighted by Crippen LogP contribution is 2.27. The van der Waals surface area contributed by atoms with Gasteiger partial charge in [-0.15, -0.1) is 0 Å². The van der Waals surface area contributed by atoms with E-state index >= 15 is 0 Å². The molecule has 0 bridgehead atoms. The minimum absolute atomic E-state index is 0.0233. The van der Waals surface area contributed by atoms with E-state index in [0.717, 1.165) is 10.4 Å². The van der Waals surface area contributed by atoms with Gasteiger partial charge in [-0.05, 0) is 61.7 Å². The van der Waals surface area contributed by atoms with Gasteiger partial charge >= 0.3 is 5.97 Å². The van der Waals surface area contributed by atoms with Crippen molar-refractivity contribution in [3.05, 3.63) is 52.6 Å². The molecule has 0 amide bonds. The highest BCUT2D eigenvalue weighted by molar-refractivity contribution is 7.92. The number of nitrogens with one attached hydrogen (secondary N) is 1. The lowest BCUT2D eigenvalue weighted by molar-refractivity contribution is 0.0696. The van der Waals surface area contributed by atoms with Gasteiger partial charge in [-0.25, -0.2) is 25.9 Å². The Kier molecular flexibility index (Phi) is 5.88. The van der Waals surface area contributed by atoms with E-state index < -0.39 is 26.0 Å². The summed E-state index contributed by atoms with van der Waals surface area (Å²) in [6.45, 7) is 4.81. The third-order valence-corrected chi connectivity index (χ3v) is 7.82. The maximum absolute atomic E-state index is 12.9. The number of rotatable bonds is 6. The standard InChI is InChI=1S/C18H22N2O6S2/c1-11-6-7-15(10-16(11)28(25,26)20(4)5)19-27(23,24)17-9-14(18(21)22)8-12(2)13(17)3/h6-10,19H,1-5H3,(H,21,22). The first-order valence-electron chi connectivity index (χ1n) is 8.18. The van der Waals surface area contributed by atoms with Crippen LogP contribution in [0.1, 0.15) is 27.0 Å². The molecule has 0 atom stereocenters. The topological polar surface area (TPSA) is 121 Å². The van der Waals surface area contributed by atoms with Crippen LogP contribution in [0.3, 0.4) is 0 Å². The molecular weight excluding hydrogens is 404 g/mol. The molecule has 2 rings (SSSR count). The molecule has 0 unspecified atom stereocenters. The van der Waals surface area contributed by atoms with Gasteiger partial charge in [0.25, 0.3) is 10.0 Å². The summed E-state index contributed by atoms with van der Waals surface area (Å²) in [4.78, 5) is 11.1. The molecule has 152 valence electrons. The van der Waals surface area contributed by atoms with Crippen LogP contribution in [0.25, 0.3) is 0 Å².